The van der Waals surface area contributed by atoms with Crippen molar-refractivity contribution in [2.24, 2.45) is 5.92 Å². The van der Waals surface area contributed by atoms with Crippen molar-refractivity contribution in [3.05, 3.63) is 72.2 Å². The second-order valence-electron chi connectivity index (χ2n) is 9.78. The highest BCUT2D eigenvalue weighted by molar-refractivity contribution is 7.88. The van der Waals surface area contributed by atoms with Gasteiger partial charge in [0.15, 0.2) is 5.65 Å². The zero-order valence-electron chi connectivity index (χ0n) is 20.5. The van der Waals surface area contributed by atoms with E-state index in [1.807, 2.05) is 40.9 Å². The Labute approximate surface area is 215 Å². The minimum Gasteiger partial charge on any atom is -0.356 e. The summed E-state index contributed by atoms with van der Waals surface area (Å²) in [4.78, 5) is 13.8. The van der Waals surface area contributed by atoms with E-state index in [0.717, 1.165) is 66.7 Å². The molecule has 0 radical (unpaired) electrons. The first kappa shape index (κ1) is 23.8. The predicted octanol–water partition coefficient (Wildman–Crippen LogP) is 3.26. The molecule has 37 heavy (non-hydrogen) atoms. The van der Waals surface area contributed by atoms with Crippen LogP contribution in [-0.4, -0.2) is 60.4 Å². The van der Waals surface area contributed by atoms with E-state index in [1.165, 1.54) is 12.3 Å². The second-order valence-corrected chi connectivity index (χ2v) is 11.6. The van der Waals surface area contributed by atoms with Crippen molar-refractivity contribution in [1.82, 2.24) is 24.3 Å². The largest absolute Gasteiger partial charge is 0.356 e. The third-order valence-electron chi connectivity index (χ3n) is 7.04. The summed E-state index contributed by atoms with van der Waals surface area (Å²) in [5, 5.41) is 4.93. The van der Waals surface area contributed by atoms with Gasteiger partial charge in [-0.05, 0) is 54.8 Å². The van der Waals surface area contributed by atoms with E-state index in [-0.39, 0.29) is 17.8 Å². The molecule has 2 saturated heterocycles. The Balaban J connectivity index is 1.24. The van der Waals surface area contributed by atoms with Gasteiger partial charge >= 0.3 is 0 Å². The molecule has 1 unspecified atom stereocenters. The van der Waals surface area contributed by atoms with Gasteiger partial charge < -0.3 is 9.80 Å². The molecule has 1 atom stereocenters. The minimum atomic E-state index is -3.19. The van der Waals surface area contributed by atoms with Crippen molar-refractivity contribution in [1.29, 1.82) is 0 Å². The summed E-state index contributed by atoms with van der Waals surface area (Å²) in [6, 6.07) is 16.7. The molecule has 1 N–H and O–H groups in total. The molecule has 0 spiro atoms. The Morgan fingerprint density at radius 2 is 1.92 bits per heavy atom. The van der Waals surface area contributed by atoms with E-state index < -0.39 is 10.0 Å². The number of sulfonamides is 1. The van der Waals surface area contributed by atoms with Crippen molar-refractivity contribution in [2.75, 3.05) is 42.2 Å². The highest BCUT2D eigenvalue weighted by Crippen LogP contribution is 2.36. The minimum absolute atomic E-state index is 0.0747. The van der Waals surface area contributed by atoms with Crippen LogP contribution in [-0.2, 0) is 10.0 Å². The maximum Gasteiger partial charge on any atom is 0.208 e. The number of hydrogen-bond acceptors (Lipinski definition) is 7. The van der Waals surface area contributed by atoms with Crippen LogP contribution >= 0.6 is 0 Å². The Kier molecular flexibility index (Phi) is 6.04. The first-order valence-electron chi connectivity index (χ1n) is 12.4. The van der Waals surface area contributed by atoms with Crippen LogP contribution in [0.25, 0.3) is 17.0 Å². The molecule has 6 rings (SSSR count). The van der Waals surface area contributed by atoms with E-state index in [2.05, 4.69) is 19.5 Å². The van der Waals surface area contributed by atoms with Crippen LogP contribution < -0.4 is 14.5 Å². The molecule has 1 aromatic carbocycles. The van der Waals surface area contributed by atoms with Crippen molar-refractivity contribution in [2.45, 2.75) is 18.9 Å². The smallest absolute Gasteiger partial charge is 0.208 e. The Morgan fingerprint density at radius 3 is 2.73 bits per heavy atom. The first-order chi connectivity index (χ1) is 17.8. The summed E-state index contributed by atoms with van der Waals surface area (Å²) in [5.74, 6) is 1.69. The molecule has 0 bridgehead atoms. The maximum absolute atomic E-state index is 13.9. The fourth-order valence-corrected chi connectivity index (χ4v) is 5.73. The van der Waals surface area contributed by atoms with Crippen LogP contribution in [0, 0.1) is 11.7 Å². The quantitative estimate of drug-likeness (QED) is 0.399. The van der Waals surface area contributed by atoms with Crippen molar-refractivity contribution < 1.29 is 12.8 Å². The topological polar surface area (TPSA) is 95.7 Å². The van der Waals surface area contributed by atoms with Gasteiger partial charge in [0.25, 0.3) is 0 Å². The monoisotopic (exact) mass is 521 g/mol. The zero-order chi connectivity index (χ0) is 25.6. The van der Waals surface area contributed by atoms with Crippen LogP contribution in [0.5, 0.6) is 0 Å². The standard InChI is InChI=1S/C26H28FN7O2S/c1-37(35,36)29-14-18-16-32(17-18)25-9-3-7-21(30-25)23-15-28-24-10-11-26(31-34(23)24)33-12-4-8-22(33)19-5-2-6-20(27)13-19/h2-3,5-7,9-11,13,15,18,22,29H,4,8,12,14,16-17H2,1H3. The molecular formula is C26H28FN7O2S. The molecule has 11 heteroatoms. The lowest BCUT2D eigenvalue weighted by Gasteiger charge is -2.40. The summed E-state index contributed by atoms with van der Waals surface area (Å²) in [5.41, 5.74) is 3.23. The number of nitrogens with one attached hydrogen (secondary N) is 1. The second kappa shape index (κ2) is 9.38. The highest BCUT2D eigenvalue weighted by Gasteiger charge is 2.29. The molecule has 3 aromatic heterocycles. The van der Waals surface area contributed by atoms with Gasteiger partial charge in [0.1, 0.15) is 23.1 Å². The number of nitrogens with zero attached hydrogens (tertiary/aromatic N) is 6. The average Bonchev–Trinajstić information content (AvgIpc) is 3.50. The van der Waals surface area contributed by atoms with E-state index >= 15 is 0 Å². The van der Waals surface area contributed by atoms with Gasteiger partial charge in [-0.25, -0.2) is 32.0 Å². The molecule has 2 aliphatic heterocycles. The van der Waals surface area contributed by atoms with Gasteiger partial charge in [-0.2, -0.15) is 0 Å². The van der Waals surface area contributed by atoms with E-state index in [1.54, 1.807) is 18.3 Å². The predicted molar refractivity (Wildman–Crippen MR) is 140 cm³/mol. The van der Waals surface area contributed by atoms with Gasteiger partial charge in [-0.1, -0.05) is 18.2 Å². The third-order valence-corrected chi connectivity index (χ3v) is 7.73. The zero-order valence-corrected chi connectivity index (χ0v) is 21.3. The fraction of sp³-hybridized carbons (Fsp3) is 0.346. The van der Waals surface area contributed by atoms with E-state index in [0.29, 0.717) is 6.54 Å². The Bertz CT molecular complexity index is 1550. The van der Waals surface area contributed by atoms with Crippen molar-refractivity contribution in [3.63, 3.8) is 0 Å². The maximum atomic E-state index is 13.9. The van der Waals surface area contributed by atoms with Crippen molar-refractivity contribution in [3.8, 4) is 11.4 Å². The van der Waals surface area contributed by atoms with E-state index in [9.17, 15) is 12.8 Å². The molecule has 192 valence electrons. The number of benzene rings is 1. The number of hydrogen-bond donors (Lipinski definition) is 1. The molecule has 9 nitrogen and oxygen atoms in total. The summed E-state index contributed by atoms with van der Waals surface area (Å²) in [6.45, 7) is 2.76. The normalized spacial score (nSPS) is 18.5. The number of rotatable bonds is 7. The summed E-state index contributed by atoms with van der Waals surface area (Å²) < 4.78 is 41.0. The third kappa shape index (κ3) is 4.88. The van der Waals surface area contributed by atoms with Crippen LogP contribution in [0.4, 0.5) is 16.0 Å². The van der Waals surface area contributed by atoms with Gasteiger partial charge in [0.05, 0.1) is 24.2 Å². The molecule has 0 aliphatic carbocycles. The lowest BCUT2D eigenvalue weighted by molar-refractivity contribution is 0.404. The summed E-state index contributed by atoms with van der Waals surface area (Å²) in [7, 11) is -3.19. The fourth-order valence-electron chi connectivity index (χ4n) is 5.19. The molecule has 4 aromatic rings. The van der Waals surface area contributed by atoms with Crippen LogP contribution in [0.3, 0.4) is 0 Å². The number of anilines is 2. The van der Waals surface area contributed by atoms with Crippen molar-refractivity contribution >= 4 is 27.3 Å². The number of fused-ring (bicyclic) bond motifs is 1. The molecule has 2 aliphatic rings. The van der Waals surface area contributed by atoms with Crippen LogP contribution in [0.2, 0.25) is 0 Å². The highest BCUT2D eigenvalue weighted by atomic mass is 32.2. The SMILES string of the molecule is CS(=O)(=O)NCC1CN(c2cccc(-c3cnc4ccc(N5CCCC5c5cccc(F)c5)nn34)n2)C1. The van der Waals surface area contributed by atoms with E-state index in [4.69, 9.17) is 10.1 Å². The van der Waals surface area contributed by atoms with Crippen LogP contribution in [0.1, 0.15) is 24.4 Å². The van der Waals surface area contributed by atoms with Gasteiger partial charge in [0, 0.05) is 32.1 Å². The van der Waals surface area contributed by atoms with Gasteiger partial charge in [-0.3, -0.25) is 0 Å². The number of pyridine rings is 1. The molecule has 0 amide bonds. The Morgan fingerprint density at radius 1 is 1.08 bits per heavy atom. The lowest BCUT2D eigenvalue weighted by Crippen LogP contribution is -2.51. The molecular weight excluding hydrogens is 493 g/mol. The Hall–Kier alpha value is -3.57. The van der Waals surface area contributed by atoms with Gasteiger partial charge in [0.2, 0.25) is 10.0 Å². The summed E-state index contributed by atoms with van der Waals surface area (Å²) in [6.07, 6.45) is 4.91. The molecule has 2 fully saturated rings. The molecule has 5 heterocycles. The number of aromatic nitrogens is 4. The van der Waals surface area contributed by atoms with Crippen LogP contribution in [0.15, 0.2) is 60.8 Å². The first-order valence-corrected chi connectivity index (χ1v) is 14.3. The average molecular weight is 522 g/mol. The number of imidazole rings is 1. The summed E-state index contributed by atoms with van der Waals surface area (Å²) >= 11 is 0. The van der Waals surface area contributed by atoms with Gasteiger partial charge in [-0.15, -0.1) is 5.10 Å². The number of halogens is 1. The molecule has 0 saturated carbocycles. The lowest BCUT2D eigenvalue weighted by atomic mass is 10.0.